The molecule has 6 rings (SSSR count). The van der Waals surface area contributed by atoms with Gasteiger partial charge in [0.25, 0.3) is 0 Å². The maximum absolute atomic E-state index is 15.3. The molecule has 0 bridgehead atoms. The maximum atomic E-state index is 15.3. The van der Waals surface area contributed by atoms with E-state index in [2.05, 4.69) is 9.97 Å². The molecule has 0 saturated heterocycles. The molecule has 35 heavy (non-hydrogen) atoms. The minimum absolute atomic E-state index is 0.186. The van der Waals surface area contributed by atoms with Crippen LogP contribution in [-0.4, -0.2) is 37.2 Å². The van der Waals surface area contributed by atoms with Crippen molar-refractivity contribution in [2.75, 3.05) is 0 Å². The van der Waals surface area contributed by atoms with Crippen LogP contribution in [0.2, 0.25) is 0 Å². The van der Waals surface area contributed by atoms with Gasteiger partial charge in [-0.15, -0.1) is 23.5 Å². The van der Waals surface area contributed by atoms with Crippen molar-refractivity contribution < 1.29 is 26.3 Å². The van der Waals surface area contributed by atoms with Gasteiger partial charge in [-0.25, -0.2) is 0 Å². The number of fused-ring (bicyclic) bond motifs is 4. The van der Waals surface area contributed by atoms with Crippen LogP contribution in [0, 0.1) is 0 Å². The molecule has 0 amide bonds. The van der Waals surface area contributed by atoms with Crippen molar-refractivity contribution in [1.29, 1.82) is 0 Å². The largest absolute Gasteiger partial charge is 0.380 e. The van der Waals surface area contributed by atoms with Gasteiger partial charge in [0.05, 0.1) is 9.49 Å². The van der Waals surface area contributed by atoms with E-state index in [0.717, 1.165) is 0 Å². The zero-order valence-corrected chi connectivity index (χ0v) is 19.9. The molecule has 0 spiro atoms. The lowest BCUT2D eigenvalue weighted by atomic mass is 9.71. The minimum atomic E-state index is -5.56. The van der Waals surface area contributed by atoms with Gasteiger partial charge < -0.3 is 0 Å². The molecular weight excluding hydrogens is 506 g/mol. The van der Waals surface area contributed by atoms with Crippen molar-refractivity contribution in [1.82, 2.24) is 9.97 Å². The van der Waals surface area contributed by atoms with E-state index in [1.54, 1.807) is 38.1 Å². The highest BCUT2D eigenvalue weighted by atomic mass is 32.2. The zero-order chi connectivity index (χ0) is 25.0. The van der Waals surface area contributed by atoms with Gasteiger partial charge >= 0.3 is 17.8 Å². The van der Waals surface area contributed by atoms with Crippen molar-refractivity contribution in [3.05, 3.63) is 94.6 Å². The summed E-state index contributed by atoms with van der Waals surface area (Å²) < 4.78 is 88.2. The first-order chi connectivity index (χ1) is 16.4. The molecule has 4 heterocycles. The second-order valence-corrected chi connectivity index (χ2v) is 12.0. The first kappa shape index (κ1) is 23.0. The van der Waals surface area contributed by atoms with Gasteiger partial charge in [0.1, 0.15) is 0 Å². The summed E-state index contributed by atoms with van der Waals surface area (Å²) >= 11 is 2.45. The van der Waals surface area contributed by atoms with Gasteiger partial charge in [0, 0.05) is 45.7 Å². The van der Waals surface area contributed by atoms with E-state index in [-0.39, 0.29) is 11.1 Å². The fourth-order valence-electron chi connectivity index (χ4n) is 5.23. The van der Waals surface area contributed by atoms with Crippen molar-refractivity contribution in [3.63, 3.8) is 0 Å². The van der Waals surface area contributed by atoms with Crippen LogP contribution in [0.1, 0.15) is 25.0 Å². The molecule has 0 unspecified atom stereocenters. The van der Waals surface area contributed by atoms with Gasteiger partial charge in [-0.05, 0) is 72.5 Å². The monoisotopic (exact) mass is 522 g/mol. The van der Waals surface area contributed by atoms with E-state index in [9.17, 15) is 8.78 Å². The lowest BCUT2D eigenvalue weighted by molar-refractivity contribution is -0.258. The predicted molar refractivity (Wildman–Crippen MR) is 125 cm³/mol. The van der Waals surface area contributed by atoms with E-state index >= 15 is 17.6 Å². The van der Waals surface area contributed by atoms with Crippen LogP contribution in [0.4, 0.5) is 26.3 Å². The van der Waals surface area contributed by atoms with Gasteiger partial charge in [-0.2, -0.15) is 26.3 Å². The number of nitrogens with zero attached hydrogens (tertiary/aromatic N) is 2. The summed E-state index contributed by atoms with van der Waals surface area (Å²) in [6, 6.07) is 6.67. The molecule has 0 aromatic carbocycles. The molecule has 0 N–H and O–H groups in total. The van der Waals surface area contributed by atoms with Crippen molar-refractivity contribution in [2.24, 2.45) is 0 Å². The first-order valence-electron chi connectivity index (χ1n) is 10.6. The zero-order valence-electron chi connectivity index (χ0n) is 18.3. The Labute approximate surface area is 205 Å². The number of hydrogen-bond acceptors (Lipinski definition) is 4. The first-order valence-corrected chi connectivity index (χ1v) is 12.3. The summed E-state index contributed by atoms with van der Waals surface area (Å²) in [5.74, 6) is -15.6. The Morgan fingerprint density at radius 1 is 0.600 bits per heavy atom. The molecule has 10 heteroatoms. The molecule has 180 valence electrons. The third kappa shape index (κ3) is 2.62. The van der Waals surface area contributed by atoms with Gasteiger partial charge in [0.15, 0.2) is 0 Å². The molecule has 2 aliphatic heterocycles. The fraction of sp³-hybridized carbons (Fsp3) is 0.280. The Morgan fingerprint density at radius 2 is 0.943 bits per heavy atom. The number of hydrogen-bond donors (Lipinski definition) is 0. The maximum Gasteiger partial charge on any atom is 0.380 e. The average molecular weight is 523 g/mol. The van der Waals surface area contributed by atoms with Crippen LogP contribution >= 0.6 is 23.5 Å². The van der Waals surface area contributed by atoms with Crippen LogP contribution in [0.5, 0.6) is 0 Å². The number of alkyl halides is 6. The second kappa shape index (κ2) is 6.85. The summed E-state index contributed by atoms with van der Waals surface area (Å²) in [4.78, 5) is 8.98. The van der Waals surface area contributed by atoms with E-state index in [0.29, 0.717) is 20.9 Å². The molecule has 1 fully saturated rings. The van der Waals surface area contributed by atoms with Crippen LogP contribution in [-0.2, 0) is 0 Å². The summed E-state index contributed by atoms with van der Waals surface area (Å²) in [5.41, 5.74) is -1.60. The number of aromatic nitrogens is 2. The molecule has 2 aliphatic carbocycles. The van der Waals surface area contributed by atoms with E-state index < -0.39 is 38.4 Å². The predicted octanol–water partition coefficient (Wildman–Crippen LogP) is 7.40. The molecule has 2 aromatic heterocycles. The minimum Gasteiger partial charge on any atom is -0.265 e. The Kier molecular flexibility index (Phi) is 4.49. The molecule has 4 aliphatic rings. The second-order valence-electron chi connectivity index (χ2n) is 9.06. The lowest BCUT2D eigenvalue weighted by Gasteiger charge is -2.47. The lowest BCUT2D eigenvalue weighted by Crippen LogP contribution is -2.48. The number of pyridine rings is 2. The van der Waals surface area contributed by atoms with Crippen LogP contribution in [0.25, 0.3) is 9.81 Å². The quantitative estimate of drug-likeness (QED) is 0.384. The van der Waals surface area contributed by atoms with Gasteiger partial charge in [0.2, 0.25) is 0 Å². The summed E-state index contributed by atoms with van der Waals surface area (Å²) in [6.45, 7) is 3.34. The Hall–Kier alpha value is -2.46. The number of halogens is 6. The third-order valence-corrected chi connectivity index (χ3v) is 10.6. The number of thioether (sulfide) groups is 2. The van der Waals surface area contributed by atoms with Gasteiger partial charge in [-0.1, -0.05) is 0 Å². The highest BCUT2D eigenvalue weighted by molar-refractivity contribution is 8.14. The Balaban J connectivity index is 1.68. The van der Waals surface area contributed by atoms with Crippen LogP contribution in [0.15, 0.2) is 83.5 Å². The molecule has 0 radical (unpaired) electrons. The fourth-order valence-corrected chi connectivity index (χ4v) is 8.37. The van der Waals surface area contributed by atoms with E-state index in [1.165, 1.54) is 60.5 Å². The molecule has 1 saturated carbocycles. The summed E-state index contributed by atoms with van der Waals surface area (Å²) in [5, 5.41) is 0. The highest BCUT2D eigenvalue weighted by Gasteiger charge is 2.84. The van der Waals surface area contributed by atoms with E-state index in [4.69, 9.17) is 0 Å². The van der Waals surface area contributed by atoms with Crippen molar-refractivity contribution >= 4 is 33.3 Å². The number of rotatable bonds is 2. The smallest absolute Gasteiger partial charge is 0.265 e. The molecule has 2 atom stereocenters. The van der Waals surface area contributed by atoms with Crippen molar-refractivity contribution in [2.45, 2.75) is 41.1 Å². The summed E-state index contributed by atoms with van der Waals surface area (Å²) in [7, 11) is 0. The van der Waals surface area contributed by atoms with Crippen LogP contribution in [0.3, 0.4) is 0 Å². The average Bonchev–Trinajstić information content (AvgIpc) is 3.40. The third-order valence-electron chi connectivity index (χ3n) is 7.25. The molecule has 2 nitrogen and oxygen atoms in total. The van der Waals surface area contributed by atoms with Gasteiger partial charge in [-0.3, -0.25) is 9.97 Å². The topological polar surface area (TPSA) is 25.8 Å². The number of allylic oxidation sites excluding steroid dienone is 4. The molecular formula is C25H16F6N2S2. The Bertz CT molecular complexity index is 1290. The summed E-state index contributed by atoms with van der Waals surface area (Å²) in [6.07, 6.45) is 8.83. The van der Waals surface area contributed by atoms with E-state index in [1.807, 2.05) is 0 Å². The SMILES string of the molecule is C[C@@]12SC(c3ccncc3)=CC1=C1C(=C3C=C(c4ccncc4)S[C@]32C)C(F)(F)C(F)(F)C1(F)F. The van der Waals surface area contributed by atoms with Crippen molar-refractivity contribution in [3.8, 4) is 0 Å². The standard InChI is InChI=1S/C25H16F6N2S2/c1-21-15(11-17(34-21)13-3-7-32-8-4-13)19-20(24(28,29)25(30,31)23(19,26)27)16-12-18(35-22(16,21)2)14-5-9-33-10-6-14/h3-12H,1-2H3/t21-,22-/m1/s1. The highest BCUT2D eigenvalue weighted by Crippen LogP contribution is 2.75. The molecule has 2 aromatic rings. The normalized spacial score (nSPS) is 31.7. The Morgan fingerprint density at radius 3 is 1.29 bits per heavy atom. The van der Waals surface area contributed by atoms with Crippen LogP contribution < -0.4 is 0 Å².